The fourth-order valence-corrected chi connectivity index (χ4v) is 8.38. The Morgan fingerprint density at radius 3 is 2.06 bits per heavy atom. The number of fused-ring (bicyclic) bond motifs is 1. The first-order chi connectivity index (χ1) is 30.2. The molecule has 3 fully saturated rings. The zero-order chi connectivity index (χ0) is 46.6. The maximum atomic E-state index is 14.1. The molecule has 12 unspecified atom stereocenters. The fraction of sp³-hybridized carbons (Fsp3) is 0.625. The average Bonchev–Trinajstić information content (AvgIpc) is 3.25. The van der Waals surface area contributed by atoms with E-state index < -0.39 is 182 Å². The predicted octanol–water partition coefficient (Wildman–Crippen LogP) is -5.25. The molecule has 64 heavy (non-hydrogen) atoms. The van der Waals surface area contributed by atoms with Crippen LogP contribution in [0.15, 0.2) is 59.3 Å². The van der Waals surface area contributed by atoms with Gasteiger partial charge in [0.15, 0.2) is 29.8 Å². The van der Waals surface area contributed by atoms with E-state index in [1.807, 2.05) is 0 Å². The van der Waals surface area contributed by atoms with Gasteiger partial charge in [-0.3, -0.25) is 4.79 Å². The van der Waals surface area contributed by atoms with Crippen LogP contribution in [0.25, 0.3) is 5.76 Å². The van der Waals surface area contributed by atoms with E-state index in [4.69, 9.17) is 33.2 Å². The third-order valence-corrected chi connectivity index (χ3v) is 12.1. The van der Waals surface area contributed by atoms with Crippen LogP contribution in [-0.2, 0) is 38.0 Å². The molecule has 4 aliphatic heterocycles. The van der Waals surface area contributed by atoms with Gasteiger partial charge in [0.2, 0.25) is 17.8 Å². The number of nitrogens with one attached hydrogen (secondary N) is 1. The smallest absolute Gasteiger partial charge is 0.229 e. The van der Waals surface area contributed by atoms with Crippen molar-refractivity contribution in [1.29, 1.82) is 0 Å². The van der Waals surface area contributed by atoms with E-state index >= 15 is 0 Å². The van der Waals surface area contributed by atoms with Crippen LogP contribution in [0.4, 0.5) is 0 Å². The first kappa shape index (κ1) is 47.9. The van der Waals surface area contributed by atoms with Crippen LogP contribution >= 0.6 is 0 Å². The number of aromatic hydroxyl groups is 2. The van der Waals surface area contributed by atoms with Gasteiger partial charge in [0.25, 0.3) is 0 Å². The number of Topliss-reactive ketones (excluding diaryl/α,β-unsaturated/α-hetero) is 1. The number of rotatable bonds is 11. The van der Waals surface area contributed by atoms with E-state index in [2.05, 4.69) is 5.32 Å². The number of allylic oxidation sites excluding steroid dienone is 2. The van der Waals surface area contributed by atoms with E-state index in [-0.39, 0.29) is 11.1 Å². The van der Waals surface area contributed by atoms with Gasteiger partial charge >= 0.3 is 0 Å². The highest BCUT2D eigenvalue weighted by Crippen LogP contribution is 2.42. The van der Waals surface area contributed by atoms with Crippen LogP contribution in [0.5, 0.6) is 11.5 Å². The lowest BCUT2D eigenvalue weighted by molar-refractivity contribution is -0.356. The number of ether oxygens (including phenoxy) is 7. The summed E-state index contributed by atoms with van der Waals surface area (Å²) in [5.74, 6) is -5.97. The van der Waals surface area contributed by atoms with Gasteiger partial charge in [-0.05, 0) is 43.7 Å². The van der Waals surface area contributed by atoms with Gasteiger partial charge < -0.3 is 115 Å². The summed E-state index contributed by atoms with van der Waals surface area (Å²) in [5, 5.41) is 162. The Labute approximate surface area is 362 Å². The number of aliphatic hydroxyl groups is 13. The molecule has 16 N–H and O–H groups in total. The Kier molecular flexibility index (Phi) is 14.3. The second kappa shape index (κ2) is 19.1. The molecule has 24 heteroatoms. The van der Waals surface area contributed by atoms with Crippen molar-refractivity contribution in [2.45, 2.75) is 136 Å². The molecule has 0 radical (unpaired) electrons. The van der Waals surface area contributed by atoms with E-state index in [9.17, 15) is 81.4 Å². The van der Waals surface area contributed by atoms with Gasteiger partial charge in [0, 0.05) is 11.6 Å². The first-order valence-electron chi connectivity index (χ1n) is 20.3. The SMILES string of the molecule is C[C@@H]1OC(OCC2OC(OC3=C(c4ccc(O)c(O)c4)OC4C=C(O)C=C(O)C4C3=O)[C@H](O)C(O)[C@@H]2O[C@H]2O[C@H](C)C(NC3C=C(CO)C(O)C(O)[C@H]3O)[C@H](O)C2O)[C@H](O)[C@H](O)C1O. The normalized spacial score (nSPS) is 44.0. The highest BCUT2D eigenvalue weighted by Gasteiger charge is 2.54. The van der Waals surface area contributed by atoms with Crippen LogP contribution in [0.3, 0.4) is 0 Å². The summed E-state index contributed by atoms with van der Waals surface area (Å²) >= 11 is 0. The van der Waals surface area contributed by atoms with Crippen LogP contribution in [-0.4, -0.2) is 218 Å². The highest BCUT2D eigenvalue weighted by atomic mass is 16.8. The topological polar surface area (TPSA) is 397 Å². The lowest BCUT2D eigenvalue weighted by Crippen LogP contribution is -2.68. The standard InChI is InChI=1S/C40H53NO23/c1-11-23(41-16-5-14(9-42)25(48)30(53)26(16)49)28(51)32(55)39(59-11)63-36-21(10-58-38-33(56)29(52)24(47)12(2)60-38)62-40(34(57)31(36)54)64-37-27(50)22-19(46)7-15(43)8-20(22)61-35(37)13-3-4-17(44)18(45)6-13/h3-8,11-12,16,20-26,28-34,36,38-49,51-57H,9-10H2,1-2H3/t11-,12+,16?,20?,21?,22?,23?,24?,25?,26+,28+,29-,30?,31?,32?,33-,34-,36-,38?,39-,40?/m1/s1. The molecular formula is C40H53NO23. The summed E-state index contributed by atoms with van der Waals surface area (Å²) in [6.07, 6.45) is -27.3. The van der Waals surface area contributed by atoms with Crippen LogP contribution in [0.2, 0.25) is 0 Å². The molecule has 24 nitrogen and oxygen atoms in total. The molecule has 0 spiro atoms. The Hall–Kier alpha value is -4.03. The molecule has 21 atom stereocenters. The lowest BCUT2D eigenvalue weighted by Gasteiger charge is -2.48. The van der Waals surface area contributed by atoms with Gasteiger partial charge in [-0.25, -0.2) is 0 Å². The van der Waals surface area contributed by atoms with Crippen LogP contribution in [0.1, 0.15) is 19.4 Å². The third-order valence-electron chi connectivity index (χ3n) is 12.1. The Morgan fingerprint density at radius 2 is 1.38 bits per heavy atom. The van der Waals surface area contributed by atoms with E-state index in [1.165, 1.54) is 26.0 Å². The summed E-state index contributed by atoms with van der Waals surface area (Å²) in [7, 11) is 0. The van der Waals surface area contributed by atoms with Crippen molar-refractivity contribution in [1.82, 2.24) is 5.32 Å². The molecule has 3 saturated heterocycles. The maximum absolute atomic E-state index is 14.1. The number of aliphatic hydroxyl groups excluding tert-OH is 13. The van der Waals surface area contributed by atoms with Crippen molar-refractivity contribution >= 4 is 11.5 Å². The minimum Gasteiger partial charge on any atom is -0.511 e. The van der Waals surface area contributed by atoms with Crippen molar-refractivity contribution in [3.63, 3.8) is 0 Å². The number of phenolic OH excluding ortho intramolecular Hbond substituents is 2. The molecule has 7 rings (SSSR count). The largest absolute Gasteiger partial charge is 0.511 e. The zero-order valence-electron chi connectivity index (χ0n) is 34.0. The molecular weight excluding hydrogens is 862 g/mol. The third kappa shape index (κ3) is 9.08. The Balaban J connectivity index is 1.16. The maximum Gasteiger partial charge on any atom is 0.229 e. The van der Waals surface area contributed by atoms with Crippen molar-refractivity contribution in [2.75, 3.05) is 13.2 Å². The first-order valence-corrected chi connectivity index (χ1v) is 20.3. The predicted molar refractivity (Wildman–Crippen MR) is 207 cm³/mol. The number of carbonyl (C=O) groups excluding carboxylic acids is 1. The highest BCUT2D eigenvalue weighted by molar-refractivity contribution is 6.04. The summed E-state index contributed by atoms with van der Waals surface area (Å²) in [4.78, 5) is 14.1. The number of benzene rings is 1. The minimum absolute atomic E-state index is 0.0271. The molecule has 4 heterocycles. The summed E-state index contributed by atoms with van der Waals surface area (Å²) in [6, 6.07) is 0.905. The number of phenols is 2. The Morgan fingerprint density at radius 1 is 0.703 bits per heavy atom. The van der Waals surface area contributed by atoms with E-state index in [0.29, 0.717) is 0 Å². The van der Waals surface area contributed by atoms with Crippen molar-refractivity contribution < 1.29 is 115 Å². The zero-order valence-corrected chi connectivity index (χ0v) is 34.0. The monoisotopic (exact) mass is 915 g/mol. The van der Waals surface area contributed by atoms with Gasteiger partial charge in [-0.15, -0.1) is 0 Å². The second-order valence-corrected chi connectivity index (χ2v) is 16.4. The average molecular weight is 916 g/mol. The summed E-state index contributed by atoms with van der Waals surface area (Å²) in [5.41, 5.74) is -0.106. The van der Waals surface area contributed by atoms with Gasteiger partial charge in [-0.2, -0.15) is 0 Å². The van der Waals surface area contributed by atoms with E-state index in [1.54, 1.807) is 0 Å². The molecule has 356 valence electrons. The summed E-state index contributed by atoms with van der Waals surface area (Å²) in [6.45, 7) is 1.38. The van der Waals surface area contributed by atoms with Crippen molar-refractivity contribution in [3.8, 4) is 11.5 Å². The molecule has 0 bridgehead atoms. The molecule has 1 aromatic carbocycles. The number of hydrogen-bond acceptors (Lipinski definition) is 24. The quantitative estimate of drug-likeness (QED) is 0.0728. The van der Waals surface area contributed by atoms with Crippen molar-refractivity contribution in [3.05, 3.63) is 64.8 Å². The molecule has 6 aliphatic rings. The van der Waals surface area contributed by atoms with Gasteiger partial charge in [0.1, 0.15) is 96.8 Å². The minimum atomic E-state index is -2.17. The van der Waals surface area contributed by atoms with Gasteiger partial charge in [-0.1, -0.05) is 6.08 Å². The molecule has 1 aromatic rings. The van der Waals surface area contributed by atoms with Gasteiger partial charge in [0.05, 0.1) is 37.5 Å². The van der Waals surface area contributed by atoms with Crippen LogP contribution in [0, 0.1) is 5.92 Å². The lowest BCUT2D eigenvalue weighted by atomic mass is 9.86. The molecule has 0 aromatic heterocycles. The summed E-state index contributed by atoms with van der Waals surface area (Å²) < 4.78 is 41.1. The van der Waals surface area contributed by atoms with Crippen molar-refractivity contribution in [2.24, 2.45) is 5.92 Å². The van der Waals surface area contributed by atoms with E-state index in [0.717, 1.165) is 24.3 Å². The Bertz CT molecular complexity index is 1990. The second-order valence-electron chi connectivity index (χ2n) is 16.4. The van der Waals surface area contributed by atoms with Crippen LogP contribution < -0.4 is 5.32 Å². The molecule has 0 saturated carbocycles. The fourth-order valence-electron chi connectivity index (χ4n) is 8.38. The molecule has 0 amide bonds. The number of ketones is 1. The number of hydrogen-bond donors (Lipinski definition) is 16. The molecule has 2 aliphatic carbocycles. The number of carbonyl (C=O) groups is 1.